The van der Waals surface area contributed by atoms with Gasteiger partial charge in [-0.05, 0) is 30.7 Å². The minimum absolute atomic E-state index is 0.00799. The standard InChI is InChI=1S/C14H19N5O4S2/c1-18(2)25(22,23)12-7-5-11(6-8-12)24(20,21)15-10-14-17-16-13-4-3-9-19(13)14/h5-8,15H,3-4,9-10H2,1-2H3. The fourth-order valence-corrected chi connectivity index (χ4v) is 4.47. The van der Waals surface area contributed by atoms with Crippen LogP contribution in [0.5, 0.6) is 0 Å². The van der Waals surface area contributed by atoms with Crippen molar-refractivity contribution in [3.05, 3.63) is 35.9 Å². The van der Waals surface area contributed by atoms with E-state index < -0.39 is 20.0 Å². The van der Waals surface area contributed by atoms with Gasteiger partial charge in [0.2, 0.25) is 20.0 Å². The molecule has 2 aromatic rings. The zero-order valence-electron chi connectivity index (χ0n) is 13.9. The summed E-state index contributed by atoms with van der Waals surface area (Å²) in [5, 5.41) is 8.03. The van der Waals surface area contributed by atoms with E-state index in [9.17, 15) is 16.8 Å². The number of sulfonamides is 2. The highest BCUT2D eigenvalue weighted by Crippen LogP contribution is 2.18. The van der Waals surface area contributed by atoms with Crippen molar-refractivity contribution in [1.82, 2.24) is 23.8 Å². The molecule has 0 spiro atoms. The van der Waals surface area contributed by atoms with Crippen LogP contribution in [-0.2, 0) is 39.6 Å². The van der Waals surface area contributed by atoms with Gasteiger partial charge in [-0.1, -0.05) is 0 Å². The molecule has 0 aliphatic carbocycles. The third-order valence-corrected chi connectivity index (χ3v) is 7.27. The van der Waals surface area contributed by atoms with E-state index in [-0.39, 0.29) is 16.3 Å². The van der Waals surface area contributed by atoms with Gasteiger partial charge in [0, 0.05) is 27.1 Å². The first kappa shape index (κ1) is 18.0. The second-order valence-corrected chi connectivity index (χ2v) is 9.79. The molecule has 1 aliphatic rings. The van der Waals surface area contributed by atoms with Crippen LogP contribution < -0.4 is 4.72 Å². The van der Waals surface area contributed by atoms with E-state index in [1.165, 1.54) is 38.4 Å². The lowest BCUT2D eigenvalue weighted by atomic mass is 10.4. The molecule has 9 nitrogen and oxygen atoms in total. The lowest BCUT2D eigenvalue weighted by molar-refractivity contribution is 0.520. The highest BCUT2D eigenvalue weighted by atomic mass is 32.2. The maximum atomic E-state index is 12.4. The first-order valence-electron chi connectivity index (χ1n) is 7.65. The van der Waals surface area contributed by atoms with Crippen LogP contribution in [0, 0.1) is 0 Å². The summed E-state index contributed by atoms with van der Waals surface area (Å²) in [5.74, 6) is 1.44. The second-order valence-electron chi connectivity index (χ2n) is 5.87. The van der Waals surface area contributed by atoms with Crippen LogP contribution in [-0.4, -0.2) is 50.0 Å². The minimum Gasteiger partial charge on any atom is -0.314 e. The van der Waals surface area contributed by atoms with E-state index in [1.807, 2.05) is 4.57 Å². The van der Waals surface area contributed by atoms with Crippen LogP contribution >= 0.6 is 0 Å². The van der Waals surface area contributed by atoms with Crippen molar-refractivity contribution in [2.24, 2.45) is 0 Å². The second kappa shape index (κ2) is 6.48. The number of rotatable bonds is 6. The summed E-state index contributed by atoms with van der Waals surface area (Å²) in [6.07, 6.45) is 1.83. The van der Waals surface area contributed by atoms with E-state index in [4.69, 9.17) is 0 Å². The van der Waals surface area contributed by atoms with E-state index in [1.54, 1.807) is 0 Å². The van der Waals surface area contributed by atoms with Crippen LogP contribution in [0.3, 0.4) is 0 Å². The minimum atomic E-state index is -3.78. The quantitative estimate of drug-likeness (QED) is 0.746. The van der Waals surface area contributed by atoms with E-state index in [0.29, 0.717) is 5.82 Å². The lowest BCUT2D eigenvalue weighted by Crippen LogP contribution is -2.25. The number of aryl methyl sites for hydroxylation is 1. The Hall–Kier alpha value is -1.82. The molecule has 1 N–H and O–H groups in total. The molecule has 2 heterocycles. The van der Waals surface area contributed by atoms with Gasteiger partial charge < -0.3 is 4.57 Å². The number of aromatic nitrogens is 3. The number of benzene rings is 1. The smallest absolute Gasteiger partial charge is 0.242 e. The summed E-state index contributed by atoms with van der Waals surface area (Å²) < 4.78 is 54.3. The molecule has 0 amide bonds. The summed E-state index contributed by atoms with van der Waals surface area (Å²) in [6, 6.07) is 5.09. The maximum absolute atomic E-state index is 12.4. The Morgan fingerprint density at radius 3 is 2.36 bits per heavy atom. The Bertz CT molecular complexity index is 979. The zero-order chi connectivity index (χ0) is 18.2. The van der Waals surface area contributed by atoms with E-state index in [2.05, 4.69) is 14.9 Å². The molecule has 136 valence electrons. The van der Waals surface area contributed by atoms with E-state index >= 15 is 0 Å². The zero-order valence-corrected chi connectivity index (χ0v) is 15.5. The predicted octanol–water partition coefficient (Wildman–Crippen LogP) is -0.0469. The van der Waals surface area contributed by atoms with Gasteiger partial charge in [-0.25, -0.2) is 25.9 Å². The molecule has 25 heavy (non-hydrogen) atoms. The molecular weight excluding hydrogens is 366 g/mol. The van der Waals surface area contributed by atoms with Gasteiger partial charge in [0.05, 0.1) is 16.3 Å². The first-order valence-corrected chi connectivity index (χ1v) is 10.6. The van der Waals surface area contributed by atoms with Crippen molar-refractivity contribution in [3.63, 3.8) is 0 Å². The normalized spacial score (nSPS) is 14.8. The number of hydrogen-bond donors (Lipinski definition) is 1. The molecule has 0 atom stereocenters. The largest absolute Gasteiger partial charge is 0.314 e. The molecule has 1 aromatic heterocycles. The maximum Gasteiger partial charge on any atom is 0.242 e. The fraction of sp³-hybridized carbons (Fsp3) is 0.429. The monoisotopic (exact) mass is 385 g/mol. The number of nitrogens with zero attached hydrogens (tertiary/aromatic N) is 4. The van der Waals surface area contributed by atoms with Crippen molar-refractivity contribution >= 4 is 20.0 Å². The van der Waals surface area contributed by atoms with Gasteiger partial charge in [0.15, 0.2) is 0 Å². The highest BCUT2D eigenvalue weighted by Gasteiger charge is 2.22. The molecular formula is C14H19N5O4S2. The summed E-state index contributed by atoms with van der Waals surface area (Å²) >= 11 is 0. The molecule has 0 radical (unpaired) electrons. The highest BCUT2D eigenvalue weighted by molar-refractivity contribution is 7.89. The van der Waals surface area contributed by atoms with Crippen LogP contribution in [0.2, 0.25) is 0 Å². The molecule has 0 bridgehead atoms. The van der Waals surface area contributed by atoms with Crippen molar-refractivity contribution in [1.29, 1.82) is 0 Å². The van der Waals surface area contributed by atoms with Gasteiger partial charge in [0.25, 0.3) is 0 Å². The van der Waals surface area contributed by atoms with Crippen molar-refractivity contribution < 1.29 is 16.8 Å². The number of fused-ring (bicyclic) bond motifs is 1. The van der Waals surface area contributed by atoms with Crippen LogP contribution in [0.1, 0.15) is 18.1 Å². The van der Waals surface area contributed by atoms with Gasteiger partial charge in [-0.15, -0.1) is 10.2 Å². The van der Waals surface area contributed by atoms with Gasteiger partial charge in [0.1, 0.15) is 11.6 Å². The average molecular weight is 385 g/mol. The van der Waals surface area contributed by atoms with Crippen molar-refractivity contribution in [2.75, 3.05) is 14.1 Å². The lowest BCUT2D eigenvalue weighted by Gasteiger charge is -2.12. The average Bonchev–Trinajstić information content (AvgIpc) is 3.16. The fourth-order valence-electron chi connectivity index (χ4n) is 2.59. The molecule has 1 aromatic carbocycles. The predicted molar refractivity (Wildman–Crippen MR) is 89.7 cm³/mol. The molecule has 0 saturated heterocycles. The topological polar surface area (TPSA) is 114 Å². The summed E-state index contributed by atoms with van der Waals surface area (Å²) in [7, 11) is -4.54. The SMILES string of the molecule is CN(C)S(=O)(=O)c1ccc(S(=O)(=O)NCc2nnc3n2CCC3)cc1. The van der Waals surface area contributed by atoms with Crippen LogP contribution in [0.25, 0.3) is 0 Å². The Labute approximate surface area is 146 Å². The van der Waals surface area contributed by atoms with E-state index in [0.717, 1.165) is 29.5 Å². The summed E-state index contributed by atoms with van der Waals surface area (Å²) in [5.41, 5.74) is 0. The van der Waals surface area contributed by atoms with Crippen LogP contribution in [0.4, 0.5) is 0 Å². The Balaban J connectivity index is 1.76. The summed E-state index contributed by atoms with van der Waals surface area (Å²) in [4.78, 5) is 0.0260. The molecule has 0 fully saturated rings. The third kappa shape index (κ3) is 3.45. The van der Waals surface area contributed by atoms with Crippen LogP contribution in [0.15, 0.2) is 34.1 Å². The molecule has 3 rings (SSSR count). The first-order chi connectivity index (χ1) is 11.7. The van der Waals surface area contributed by atoms with Gasteiger partial charge >= 0.3 is 0 Å². The van der Waals surface area contributed by atoms with Gasteiger partial charge in [-0.3, -0.25) is 0 Å². The van der Waals surface area contributed by atoms with Crippen molar-refractivity contribution in [3.8, 4) is 0 Å². The third-order valence-electron chi connectivity index (χ3n) is 4.02. The van der Waals surface area contributed by atoms with Gasteiger partial charge in [-0.2, -0.15) is 0 Å². The molecule has 0 saturated carbocycles. The van der Waals surface area contributed by atoms with Crippen molar-refractivity contribution in [2.45, 2.75) is 35.7 Å². The number of hydrogen-bond acceptors (Lipinski definition) is 6. The molecule has 11 heteroatoms. The number of nitrogens with one attached hydrogen (secondary N) is 1. The molecule has 0 unspecified atom stereocenters. The Kier molecular flexibility index (Phi) is 4.66. The molecule has 1 aliphatic heterocycles. The summed E-state index contributed by atoms with van der Waals surface area (Å²) in [6.45, 7) is 0.823. The Morgan fingerprint density at radius 2 is 1.72 bits per heavy atom. The Morgan fingerprint density at radius 1 is 1.08 bits per heavy atom.